The van der Waals surface area contributed by atoms with E-state index >= 15 is 0 Å². The number of rotatable bonds is 6. The Morgan fingerprint density at radius 2 is 2.31 bits per heavy atom. The van der Waals surface area contributed by atoms with Crippen molar-refractivity contribution in [2.45, 2.75) is 25.8 Å². The third-order valence-electron chi connectivity index (χ3n) is 3.33. The van der Waals surface area contributed by atoms with E-state index in [1.807, 2.05) is 12.4 Å². The monoisotopic (exact) mass is 222 g/mol. The molecule has 1 fully saturated rings. The van der Waals surface area contributed by atoms with Crippen molar-refractivity contribution >= 4 is 0 Å². The minimum absolute atomic E-state index is 0.750. The Morgan fingerprint density at radius 3 is 2.81 bits per heavy atom. The molecule has 0 unspecified atom stereocenters. The van der Waals surface area contributed by atoms with Gasteiger partial charge in [-0.2, -0.15) is 0 Å². The summed E-state index contributed by atoms with van der Waals surface area (Å²) in [7, 11) is 2.07. The van der Waals surface area contributed by atoms with Crippen LogP contribution in [-0.2, 0) is 13.5 Å². The predicted molar refractivity (Wildman–Crippen MR) is 65.4 cm³/mol. The van der Waals surface area contributed by atoms with Gasteiger partial charge in [0.2, 0.25) is 0 Å². The summed E-state index contributed by atoms with van der Waals surface area (Å²) in [6, 6.07) is 0.750. The number of nitrogens with one attached hydrogen (secondary N) is 1. The molecule has 90 valence electrons. The fourth-order valence-electron chi connectivity index (χ4n) is 2.18. The maximum absolute atomic E-state index is 4.37. The van der Waals surface area contributed by atoms with Crippen molar-refractivity contribution in [1.29, 1.82) is 0 Å². The Hall–Kier alpha value is -0.870. The van der Waals surface area contributed by atoms with E-state index in [0.29, 0.717) is 0 Å². The first-order valence-corrected chi connectivity index (χ1v) is 6.22. The van der Waals surface area contributed by atoms with Gasteiger partial charge in [-0.1, -0.05) is 6.92 Å². The fraction of sp³-hybridized carbons (Fsp3) is 0.750. The van der Waals surface area contributed by atoms with Crippen molar-refractivity contribution < 1.29 is 0 Å². The number of imidazole rings is 1. The molecular weight excluding hydrogens is 200 g/mol. The van der Waals surface area contributed by atoms with Crippen LogP contribution >= 0.6 is 0 Å². The molecule has 0 saturated carbocycles. The van der Waals surface area contributed by atoms with Gasteiger partial charge in [-0.3, -0.25) is 4.90 Å². The Labute approximate surface area is 97.7 Å². The SMILES string of the molecule is CCCN(CCc1nccn1C)C1CNC1. The second kappa shape index (κ2) is 5.46. The van der Waals surface area contributed by atoms with Gasteiger partial charge in [-0.05, 0) is 13.0 Å². The molecule has 0 amide bonds. The van der Waals surface area contributed by atoms with E-state index < -0.39 is 0 Å². The number of hydrogen-bond acceptors (Lipinski definition) is 3. The minimum Gasteiger partial charge on any atom is -0.338 e. The largest absolute Gasteiger partial charge is 0.338 e. The highest BCUT2D eigenvalue weighted by Crippen LogP contribution is 2.07. The summed E-state index contributed by atoms with van der Waals surface area (Å²) in [5.41, 5.74) is 0. The van der Waals surface area contributed by atoms with Gasteiger partial charge < -0.3 is 9.88 Å². The van der Waals surface area contributed by atoms with Crippen LogP contribution in [0.3, 0.4) is 0 Å². The van der Waals surface area contributed by atoms with Gasteiger partial charge >= 0.3 is 0 Å². The molecular formula is C12H22N4. The maximum atomic E-state index is 4.37. The zero-order valence-corrected chi connectivity index (χ0v) is 10.3. The summed E-state index contributed by atoms with van der Waals surface area (Å²) in [6.07, 6.45) is 6.19. The molecule has 1 N–H and O–H groups in total. The van der Waals surface area contributed by atoms with Crippen LogP contribution in [-0.4, -0.2) is 46.7 Å². The van der Waals surface area contributed by atoms with Crippen LogP contribution < -0.4 is 5.32 Å². The quantitative estimate of drug-likeness (QED) is 0.767. The molecule has 2 heterocycles. The third kappa shape index (κ3) is 2.62. The molecule has 0 spiro atoms. The number of nitrogens with zero attached hydrogens (tertiary/aromatic N) is 3. The van der Waals surface area contributed by atoms with E-state index in [9.17, 15) is 0 Å². The topological polar surface area (TPSA) is 33.1 Å². The number of aryl methyl sites for hydroxylation is 1. The van der Waals surface area contributed by atoms with Crippen LogP contribution in [0.15, 0.2) is 12.4 Å². The maximum Gasteiger partial charge on any atom is 0.109 e. The minimum atomic E-state index is 0.750. The molecule has 0 radical (unpaired) electrons. The van der Waals surface area contributed by atoms with Gasteiger partial charge in [0.25, 0.3) is 0 Å². The fourth-order valence-corrected chi connectivity index (χ4v) is 2.18. The lowest BCUT2D eigenvalue weighted by atomic mass is 10.1. The smallest absolute Gasteiger partial charge is 0.109 e. The molecule has 0 aliphatic carbocycles. The second-order valence-corrected chi connectivity index (χ2v) is 4.55. The van der Waals surface area contributed by atoms with Crippen LogP contribution in [0.1, 0.15) is 19.2 Å². The molecule has 1 aliphatic heterocycles. The molecule has 1 aromatic rings. The molecule has 0 bridgehead atoms. The first-order valence-electron chi connectivity index (χ1n) is 6.22. The summed E-state index contributed by atoms with van der Waals surface area (Å²) in [6.45, 7) is 6.89. The van der Waals surface area contributed by atoms with E-state index in [-0.39, 0.29) is 0 Å². The van der Waals surface area contributed by atoms with Gasteiger partial charge in [0.05, 0.1) is 0 Å². The van der Waals surface area contributed by atoms with Crippen LogP contribution in [0.2, 0.25) is 0 Å². The van der Waals surface area contributed by atoms with Gasteiger partial charge in [-0.15, -0.1) is 0 Å². The van der Waals surface area contributed by atoms with Gasteiger partial charge in [-0.25, -0.2) is 4.98 Å². The van der Waals surface area contributed by atoms with Crippen LogP contribution in [0.4, 0.5) is 0 Å². The third-order valence-corrected chi connectivity index (χ3v) is 3.33. The summed E-state index contributed by atoms with van der Waals surface area (Å²) in [4.78, 5) is 6.96. The lowest BCUT2D eigenvalue weighted by molar-refractivity contribution is 0.146. The molecule has 1 aromatic heterocycles. The first-order chi connectivity index (χ1) is 7.81. The molecule has 4 heteroatoms. The zero-order chi connectivity index (χ0) is 11.4. The van der Waals surface area contributed by atoms with E-state index in [0.717, 1.165) is 32.1 Å². The summed E-state index contributed by atoms with van der Waals surface area (Å²) in [5, 5.41) is 3.34. The molecule has 4 nitrogen and oxygen atoms in total. The molecule has 0 atom stereocenters. The Bertz CT molecular complexity index is 317. The van der Waals surface area contributed by atoms with E-state index in [1.165, 1.54) is 18.8 Å². The molecule has 2 rings (SSSR count). The molecule has 16 heavy (non-hydrogen) atoms. The van der Waals surface area contributed by atoms with Crippen molar-refractivity contribution in [2.24, 2.45) is 7.05 Å². The van der Waals surface area contributed by atoms with Crippen molar-refractivity contribution in [1.82, 2.24) is 19.8 Å². The van der Waals surface area contributed by atoms with Crippen LogP contribution in [0, 0.1) is 0 Å². The number of hydrogen-bond donors (Lipinski definition) is 1. The zero-order valence-electron chi connectivity index (χ0n) is 10.3. The normalized spacial score (nSPS) is 16.7. The van der Waals surface area contributed by atoms with Gasteiger partial charge in [0, 0.05) is 51.5 Å². The summed E-state index contributed by atoms with van der Waals surface area (Å²) < 4.78 is 2.11. The standard InChI is InChI=1S/C12H22N4/c1-3-6-16(11-9-13-10-11)7-4-12-14-5-8-15(12)2/h5,8,11,13H,3-4,6-7,9-10H2,1-2H3. The van der Waals surface area contributed by atoms with Crippen LogP contribution in [0.5, 0.6) is 0 Å². The Kier molecular flexibility index (Phi) is 3.96. The van der Waals surface area contributed by atoms with Crippen LogP contribution in [0.25, 0.3) is 0 Å². The van der Waals surface area contributed by atoms with Crippen molar-refractivity contribution in [3.63, 3.8) is 0 Å². The highest BCUT2D eigenvalue weighted by Gasteiger charge is 2.23. The van der Waals surface area contributed by atoms with E-state index in [1.54, 1.807) is 0 Å². The first kappa shape index (κ1) is 11.6. The summed E-state index contributed by atoms with van der Waals surface area (Å²) in [5.74, 6) is 1.19. The van der Waals surface area contributed by atoms with E-state index in [2.05, 4.69) is 33.7 Å². The van der Waals surface area contributed by atoms with Crippen molar-refractivity contribution in [3.8, 4) is 0 Å². The molecule has 1 aliphatic rings. The van der Waals surface area contributed by atoms with Crippen molar-refractivity contribution in [3.05, 3.63) is 18.2 Å². The van der Waals surface area contributed by atoms with Gasteiger partial charge in [0.1, 0.15) is 5.82 Å². The predicted octanol–water partition coefficient (Wildman–Crippen LogP) is 0.646. The lowest BCUT2D eigenvalue weighted by Crippen LogP contribution is -2.57. The Morgan fingerprint density at radius 1 is 1.50 bits per heavy atom. The average molecular weight is 222 g/mol. The Balaban J connectivity index is 1.83. The van der Waals surface area contributed by atoms with Gasteiger partial charge in [0.15, 0.2) is 0 Å². The highest BCUT2D eigenvalue weighted by molar-refractivity contribution is 4.93. The van der Waals surface area contributed by atoms with E-state index in [4.69, 9.17) is 0 Å². The molecule has 0 aromatic carbocycles. The average Bonchev–Trinajstić information content (AvgIpc) is 2.58. The second-order valence-electron chi connectivity index (χ2n) is 4.55. The number of aromatic nitrogens is 2. The summed E-state index contributed by atoms with van der Waals surface area (Å²) >= 11 is 0. The molecule has 1 saturated heterocycles. The van der Waals surface area contributed by atoms with Crippen molar-refractivity contribution in [2.75, 3.05) is 26.2 Å². The lowest BCUT2D eigenvalue weighted by Gasteiger charge is -2.38. The highest BCUT2D eigenvalue weighted by atomic mass is 15.2.